The number of nitro benzene ring substituents is 1. The van der Waals surface area contributed by atoms with Crippen molar-refractivity contribution in [3.63, 3.8) is 0 Å². The molecule has 0 radical (unpaired) electrons. The zero-order valence-corrected chi connectivity index (χ0v) is 16.5. The van der Waals surface area contributed by atoms with E-state index < -0.39 is 28.4 Å². The standard InChI is InChI=1S/C21H21N3O6/c1-22(2)9-10-23-18(13-5-4-8-16(25)12-13)17(20(27)21(23)28)19(26)14-6-3-7-15(11-14)24(29)30/h3-8,11-12,18,25-26H,9-10H2,1-2H3/b19-17-. The van der Waals surface area contributed by atoms with Crippen molar-refractivity contribution >= 4 is 23.1 Å². The van der Waals surface area contributed by atoms with Gasteiger partial charge in [0.2, 0.25) is 0 Å². The number of amides is 1. The Labute approximate surface area is 172 Å². The van der Waals surface area contributed by atoms with Gasteiger partial charge in [-0.05, 0) is 31.8 Å². The number of aliphatic hydroxyl groups excluding tert-OH is 1. The van der Waals surface area contributed by atoms with Gasteiger partial charge in [0.15, 0.2) is 0 Å². The van der Waals surface area contributed by atoms with Crippen LogP contribution >= 0.6 is 0 Å². The lowest BCUT2D eigenvalue weighted by molar-refractivity contribution is -0.384. The van der Waals surface area contributed by atoms with Crippen LogP contribution in [0.3, 0.4) is 0 Å². The number of nitrogens with zero attached hydrogens (tertiary/aromatic N) is 3. The van der Waals surface area contributed by atoms with Gasteiger partial charge in [0.25, 0.3) is 17.4 Å². The number of aromatic hydroxyl groups is 1. The quantitative estimate of drug-likeness (QED) is 0.246. The van der Waals surface area contributed by atoms with Crippen molar-refractivity contribution < 1.29 is 24.7 Å². The van der Waals surface area contributed by atoms with Crippen LogP contribution in [0.4, 0.5) is 5.69 Å². The van der Waals surface area contributed by atoms with Crippen LogP contribution in [-0.2, 0) is 9.59 Å². The molecule has 1 aliphatic heterocycles. The van der Waals surface area contributed by atoms with Gasteiger partial charge in [-0.3, -0.25) is 19.7 Å². The van der Waals surface area contributed by atoms with E-state index in [-0.39, 0.29) is 29.1 Å². The van der Waals surface area contributed by atoms with Crippen LogP contribution in [0.5, 0.6) is 5.75 Å². The number of Topliss-reactive ketones (excluding diaryl/α,β-unsaturated/α-hetero) is 1. The molecular weight excluding hydrogens is 390 g/mol. The molecule has 2 aromatic rings. The molecule has 0 bridgehead atoms. The molecule has 0 spiro atoms. The summed E-state index contributed by atoms with van der Waals surface area (Å²) in [6, 6.07) is 10.4. The van der Waals surface area contributed by atoms with Crippen molar-refractivity contribution in [2.45, 2.75) is 6.04 Å². The molecule has 3 rings (SSSR count). The Bertz CT molecular complexity index is 1050. The third-order valence-electron chi connectivity index (χ3n) is 4.84. The first kappa shape index (κ1) is 21.0. The third-order valence-corrected chi connectivity index (χ3v) is 4.84. The van der Waals surface area contributed by atoms with E-state index in [1.54, 1.807) is 12.1 Å². The fraction of sp³-hybridized carbons (Fsp3) is 0.238. The summed E-state index contributed by atoms with van der Waals surface area (Å²) in [5.74, 6) is -2.22. The molecular formula is C21H21N3O6. The number of likely N-dealkylation sites (tertiary alicyclic amines) is 1. The second kappa shape index (κ2) is 8.34. The van der Waals surface area contributed by atoms with Gasteiger partial charge >= 0.3 is 0 Å². The number of nitro groups is 1. The first-order chi connectivity index (χ1) is 14.2. The molecule has 0 aliphatic carbocycles. The van der Waals surface area contributed by atoms with E-state index in [4.69, 9.17) is 0 Å². The average Bonchev–Trinajstić information content (AvgIpc) is 2.96. The zero-order valence-electron chi connectivity index (χ0n) is 16.5. The molecule has 156 valence electrons. The molecule has 1 saturated heterocycles. The average molecular weight is 411 g/mol. The molecule has 2 N–H and O–H groups in total. The summed E-state index contributed by atoms with van der Waals surface area (Å²) in [7, 11) is 3.64. The van der Waals surface area contributed by atoms with Gasteiger partial charge in [-0.15, -0.1) is 0 Å². The number of likely N-dealkylation sites (N-methyl/N-ethyl adjacent to an activating group) is 1. The largest absolute Gasteiger partial charge is 0.508 e. The summed E-state index contributed by atoms with van der Waals surface area (Å²) < 4.78 is 0. The molecule has 1 unspecified atom stereocenters. The van der Waals surface area contributed by atoms with Crippen molar-refractivity contribution in [1.29, 1.82) is 0 Å². The lowest BCUT2D eigenvalue weighted by Gasteiger charge is -2.26. The highest BCUT2D eigenvalue weighted by Gasteiger charge is 2.46. The number of phenolic OH excluding ortho intramolecular Hbond substituents is 1. The van der Waals surface area contributed by atoms with Crippen molar-refractivity contribution in [3.8, 4) is 5.75 Å². The van der Waals surface area contributed by atoms with E-state index in [1.807, 2.05) is 19.0 Å². The number of aliphatic hydroxyl groups is 1. The molecule has 0 saturated carbocycles. The van der Waals surface area contributed by atoms with E-state index in [0.717, 1.165) is 6.07 Å². The van der Waals surface area contributed by atoms with Crippen LogP contribution in [0.1, 0.15) is 17.2 Å². The normalized spacial score (nSPS) is 18.2. The zero-order chi connectivity index (χ0) is 22.0. The summed E-state index contributed by atoms with van der Waals surface area (Å²) >= 11 is 0. The molecule has 9 heteroatoms. The van der Waals surface area contributed by atoms with Crippen LogP contribution in [-0.4, -0.2) is 63.8 Å². The van der Waals surface area contributed by atoms with Gasteiger partial charge in [0, 0.05) is 30.8 Å². The Balaban J connectivity index is 2.17. The van der Waals surface area contributed by atoms with Gasteiger partial charge in [0.1, 0.15) is 11.5 Å². The summed E-state index contributed by atoms with van der Waals surface area (Å²) in [6.07, 6.45) is 0. The smallest absolute Gasteiger partial charge is 0.295 e. The number of carbonyl (C=O) groups excluding carboxylic acids is 2. The topological polar surface area (TPSA) is 124 Å². The van der Waals surface area contributed by atoms with E-state index in [9.17, 15) is 29.9 Å². The van der Waals surface area contributed by atoms with E-state index in [1.165, 1.54) is 35.2 Å². The summed E-state index contributed by atoms with van der Waals surface area (Å²) in [6.45, 7) is 0.683. The fourth-order valence-electron chi connectivity index (χ4n) is 3.38. The third kappa shape index (κ3) is 4.01. The maximum Gasteiger partial charge on any atom is 0.295 e. The predicted molar refractivity (Wildman–Crippen MR) is 109 cm³/mol. The van der Waals surface area contributed by atoms with Crippen LogP contribution in [0.2, 0.25) is 0 Å². The van der Waals surface area contributed by atoms with Crippen LogP contribution in [0, 0.1) is 10.1 Å². The van der Waals surface area contributed by atoms with Gasteiger partial charge in [-0.1, -0.05) is 24.3 Å². The lowest BCUT2D eigenvalue weighted by atomic mass is 9.95. The molecule has 0 aromatic heterocycles. The number of carbonyl (C=O) groups is 2. The van der Waals surface area contributed by atoms with Crippen LogP contribution in [0.25, 0.3) is 5.76 Å². The molecule has 30 heavy (non-hydrogen) atoms. The minimum atomic E-state index is -0.934. The minimum Gasteiger partial charge on any atom is -0.508 e. The van der Waals surface area contributed by atoms with Gasteiger partial charge in [-0.25, -0.2) is 0 Å². The number of benzene rings is 2. The highest BCUT2D eigenvalue weighted by atomic mass is 16.6. The number of phenols is 1. The Morgan fingerprint density at radius 2 is 1.87 bits per heavy atom. The molecule has 9 nitrogen and oxygen atoms in total. The van der Waals surface area contributed by atoms with Crippen molar-refractivity contribution in [1.82, 2.24) is 9.80 Å². The molecule has 1 aliphatic rings. The highest BCUT2D eigenvalue weighted by molar-refractivity contribution is 6.46. The second-order valence-corrected chi connectivity index (χ2v) is 7.20. The first-order valence-electron chi connectivity index (χ1n) is 9.17. The monoisotopic (exact) mass is 411 g/mol. The molecule has 1 fully saturated rings. The van der Waals surface area contributed by atoms with Crippen molar-refractivity contribution in [2.75, 3.05) is 27.2 Å². The maximum absolute atomic E-state index is 12.8. The van der Waals surface area contributed by atoms with Gasteiger partial charge < -0.3 is 20.0 Å². The Hall–Kier alpha value is -3.72. The van der Waals surface area contributed by atoms with Crippen LogP contribution in [0.15, 0.2) is 54.1 Å². The van der Waals surface area contributed by atoms with E-state index >= 15 is 0 Å². The number of hydrogen-bond donors (Lipinski definition) is 2. The molecule has 1 amide bonds. The summed E-state index contributed by atoms with van der Waals surface area (Å²) in [4.78, 5) is 39.2. The second-order valence-electron chi connectivity index (χ2n) is 7.20. The lowest BCUT2D eigenvalue weighted by Crippen LogP contribution is -2.35. The number of rotatable bonds is 6. The van der Waals surface area contributed by atoms with Crippen molar-refractivity contribution in [2.24, 2.45) is 0 Å². The van der Waals surface area contributed by atoms with E-state index in [2.05, 4.69) is 0 Å². The Morgan fingerprint density at radius 3 is 2.50 bits per heavy atom. The maximum atomic E-state index is 12.8. The minimum absolute atomic E-state index is 0.0546. The number of ketones is 1. The predicted octanol–water partition coefficient (Wildman–Crippen LogP) is 2.28. The van der Waals surface area contributed by atoms with E-state index in [0.29, 0.717) is 12.1 Å². The highest BCUT2D eigenvalue weighted by Crippen LogP contribution is 2.40. The Kier molecular flexibility index (Phi) is 5.84. The summed E-state index contributed by atoms with van der Waals surface area (Å²) in [5.41, 5.74) is 0.0690. The number of hydrogen-bond acceptors (Lipinski definition) is 7. The summed E-state index contributed by atoms with van der Waals surface area (Å²) in [5, 5.41) is 31.9. The van der Waals surface area contributed by atoms with Gasteiger partial charge in [-0.2, -0.15) is 0 Å². The fourth-order valence-corrected chi connectivity index (χ4v) is 3.38. The SMILES string of the molecule is CN(C)CCN1C(=O)C(=O)/C(=C(\O)c2cccc([N+](=O)[O-])c2)C1c1cccc(O)c1. The van der Waals surface area contributed by atoms with Crippen LogP contribution < -0.4 is 0 Å². The number of non-ortho nitro benzene ring substituents is 1. The van der Waals surface area contributed by atoms with Crippen molar-refractivity contribution in [3.05, 3.63) is 75.3 Å². The first-order valence-corrected chi connectivity index (χ1v) is 9.17. The Morgan fingerprint density at radius 1 is 1.17 bits per heavy atom. The van der Waals surface area contributed by atoms with Gasteiger partial charge in [0.05, 0.1) is 16.5 Å². The molecule has 1 heterocycles. The molecule has 1 atom stereocenters. The molecule has 2 aromatic carbocycles.